The number of hydrogen-bond donors (Lipinski definition) is 1. The Balaban J connectivity index is 3.01. The lowest BCUT2D eigenvalue weighted by atomic mass is 10.3. The van der Waals surface area contributed by atoms with Gasteiger partial charge in [0.25, 0.3) is 0 Å². The fourth-order valence-corrected chi connectivity index (χ4v) is 5.27. The first kappa shape index (κ1) is 17.6. The van der Waals surface area contributed by atoms with Crippen LogP contribution in [0.5, 0.6) is 0 Å². The second-order valence-corrected chi connectivity index (χ2v) is 8.37. The molecule has 0 aliphatic rings. The minimum absolute atomic E-state index is 0.0740. The number of benzene rings is 1. The Morgan fingerprint density at radius 1 is 1.37 bits per heavy atom. The molecule has 1 aromatic carbocycles. The van der Waals surface area contributed by atoms with Crippen molar-refractivity contribution < 1.29 is 8.42 Å². The number of rotatable bonds is 6. The van der Waals surface area contributed by atoms with Gasteiger partial charge in [0.05, 0.1) is 10.0 Å². The van der Waals surface area contributed by atoms with Crippen molar-refractivity contribution in [3.8, 4) is 0 Å². The fourth-order valence-electron chi connectivity index (χ4n) is 1.46. The van der Waals surface area contributed by atoms with E-state index >= 15 is 0 Å². The Labute approximate surface area is 136 Å². The Morgan fingerprint density at radius 2 is 1.89 bits per heavy atom. The van der Waals surface area contributed by atoms with E-state index in [2.05, 4.69) is 20.7 Å². The molecule has 0 aliphatic heterocycles. The normalized spacial score (nSPS) is 13.5. The molecule has 0 heterocycles. The second kappa shape index (κ2) is 7.52. The van der Waals surface area contributed by atoms with Crippen LogP contribution in [0.3, 0.4) is 0 Å². The van der Waals surface area contributed by atoms with Crippen molar-refractivity contribution in [2.45, 2.75) is 24.3 Å². The van der Waals surface area contributed by atoms with Crippen LogP contribution in [-0.2, 0) is 10.0 Å². The van der Waals surface area contributed by atoms with Gasteiger partial charge in [-0.1, -0.05) is 39.1 Å². The molecule has 0 fully saturated rings. The Morgan fingerprint density at radius 3 is 2.37 bits per heavy atom. The van der Waals surface area contributed by atoms with Crippen molar-refractivity contribution in [1.29, 1.82) is 0 Å². The molecule has 1 N–H and O–H groups in total. The van der Waals surface area contributed by atoms with Gasteiger partial charge in [-0.3, -0.25) is 0 Å². The molecule has 0 amide bonds. The third-order valence-electron chi connectivity index (χ3n) is 2.34. The molecule has 0 aliphatic carbocycles. The molecule has 0 saturated heterocycles. The molecule has 0 spiro atoms. The first-order valence-corrected chi connectivity index (χ1v) is 9.86. The van der Waals surface area contributed by atoms with Gasteiger partial charge >= 0.3 is 0 Å². The van der Waals surface area contributed by atoms with Gasteiger partial charge in [-0.2, -0.15) is 11.8 Å². The molecule has 1 atom stereocenters. The van der Waals surface area contributed by atoms with Crippen LogP contribution in [0, 0.1) is 0 Å². The number of nitrogens with one attached hydrogen (secondary N) is 1. The van der Waals surface area contributed by atoms with Crippen LogP contribution in [-0.4, -0.2) is 26.5 Å². The topological polar surface area (TPSA) is 46.2 Å². The van der Waals surface area contributed by atoms with E-state index in [9.17, 15) is 8.42 Å². The zero-order valence-electron chi connectivity index (χ0n) is 10.4. The van der Waals surface area contributed by atoms with Crippen molar-refractivity contribution >= 4 is 60.9 Å². The van der Waals surface area contributed by atoms with Gasteiger partial charge < -0.3 is 0 Å². The minimum atomic E-state index is -3.71. The third-order valence-corrected chi connectivity index (χ3v) is 5.96. The molecule has 0 bridgehead atoms. The van der Waals surface area contributed by atoms with Gasteiger partial charge in [0.2, 0.25) is 10.0 Å². The standard InChI is InChI=1S/C11H14BrCl2NO2S2/c1-7(3-4-18-2)15-19(16,17)11-9(13)5-8(12)6-10(11)14/h5-7,15H,3-4H2,1-2H3. The average Bonchev–Trinajstić information content (AvgIpc) is 2.23. The summed E-state index contributed by atoms with van der Waals surface area (Å²) in [5.74, 6) is 0.880. The molecular formula is C11H14BrCl2NO2S2. The molecule has 1 unspecified atom stereocenters. The summed E-state index contributed by atoms with van der Waals surface area (Å²) in [4.78, 5) is -0.0740. The van der Waals surface area contributed by atoms with E-state index in [0.717, 1.165) is 12.2 Å². The SMILES string of the molecule is CSCCC(C)NS(=O)(=O)c1c(Cl)cc(Br)cc1Cl. The number of halogens is 3. The van der Waals surface area contributed by atoms with Crippen LogP contribution in [0.1, 0.15) is 13.3 Å². The zero-order chi connectivity index (χ0) is 14.6. The second-order valence-electron chi connectivity index (χ2n) is 4.00. The van der Waals surface area contributed by atoms with E-state index in [1.54, 1.807) is 11.8 Å². The fraction of sp³-hybridized carbons (Fsp3) is 0.455. The maximum atomic E-state index is 12.3. The molecule has 1 rings (SSSR count). The summed E-state index contributed by atoms with van der Waals surface area (Å²) in [6.45, 7) is 1.81. The summed E-state index contributed by atoms with van der Waals surface area (Å²) < 4.78 is 27.7. The quantitative estimate of drug-likeness (QED) is 0.770. The van der Waals surface area contributed by atoms with E-state index in [1.165, 1.54) is 12.1 Å². The minimum Gasteiger partial charge on any atom is -0.208 e. The smallest absolute Gasteiger partial charge is 0.208 e. The van der Waals surface area contributed by atoms with Crippen LogP contribution in [0.2, 0.25) is 10.0 Å². The van der Waals surface area contributed by atoms with Gasteiger partial charge in [-0.05, 0) is 37.5 Å². The molecule has 3 nitrogen and oxygen atoms in total. The van der Waals surface area contributed by atoms with E-state index in [4.69, 9.17) is 23.2 Å². The van der Waals surface area contributed by atoms with Gasteiger partial charge in [-0.15, -0.1) is 0 Å². The predicted molar refractivity (Wildman–Crippen MR) is 86.9 cm³/mol. The van der Waals surface area contributed by atoms with Gasteiger partial charge in [0.15, 0.2) is 0 Å². The summed E-state index contributed by atoms with van der Waals surface area (Å²) in [5.41, 5.74) is 0. The van der Waals surface area contributed by atoms with Gasteiger partial charge in [0.1, 0.15) is 4.90 Å². The molecular weight excluding hydrogens is 393 g/mol. The van der Waals surface area contributed by atoms with Crippen molar-refractivity contribution in [3.05, 3.63) is 26.7 Å². The summed E-state index contributed by atoms with van der Waals surface area (Å²) >= 11 is 16.8. The lowest BCUT2D eigenvalue weighted by Gasteiger charge is -2.15. The van der Waals surface area contributed by atoms with Crippen LogP contribution in [0.25, 0.3) is 0 Å². The average molecular weight is 407 g/mol. The lowest BCUT2D eigenvalue weighted by molar-refractivity contribution is 0.557. The summed E-state index contributed by atoms with van der Waals surface area (Å²) in [5, 5.41) is 0.202. The summed E-state index contributed by atoms with van der Waals surface area (Å²) in [7, 11) is -3.71. The largest absolute Gasteiger partial charge is 0.243 e. The van der Waals surface area contributed by atoms with Crippen molar-refractivity contribution in [2.75, 3.05) is 12.0 Å². The Bertz CT molecular complexity index is 529. The Hall–Kier alpha value is 0.540. The molecule has 19 heavy (non-hydrogen) atoms. The highest BCUT2D eigenvalue weighted by Crippen LogP contribution is 2.32. The summed E-state index contributed by atoms with van der Waals surface area (Å²) in [6, 6.07) is 2.84. The molecule has 0 saturated carbocycles. The van der Waals surface area contributed by atoms with Crippen LogP contribution < -0.4 is 4.72 Å². The van der Waals surface area contributed by atoms with Crippen LogP contribution in [0.4, 0.5) is 0 Å². The van der Waals surface area contributed by atoms with Gasteiger partial charge in [0, 0.05) is 10.5 Å². The third kappa shape index (κ3) is 5.10. The molecule has 0 radical (unpaired) electrons. The van der Waals surface area contributed by atoms with E-state index in [1.807, 2.05) is 13.2 Å². The molecule has 108 valence electrons. The number of sulfonamides is 1. The monoisotopic (exact) mass is 405 g/mol. The highest BCUT2D eigenvalue weighted by molar-refractivity contribution is 9.10. The Kier molecular flexibility index (Phi) is 6.96. The first-order chi connectivity index (χ1) is 8.77. The van der Waals surface area contributed by atoms with Crippen molar-refractivity contribution in [3.63, 3.8) is 0 Å². The lowest BCUT2D eigenvalue weighted by Crippen LogP contribution is -2.33. The molecule has 0 aromatic heterocycles. The number of hydrogen-bond acceptors (Lipinski definition) is 3. The molecule has 8 heteroatoms. The van der Waals surface area contributed by atoms with E-state index in [-0.39, 0.29) is 21.0 Å². The van der Waals surface area contributed by atoms with Crippen molar-refractivity contribution in [2.24, 2.45) is 0 Å². The maximum Gasteiger partial charge on any atom is 0.243 e. The van der Waals surface area contributed by atoms with Gasteiger partial charge in [-0.25, -0.2) is 13.1 Å². The maximum absolute atomic E-state index is 12.3. The van der Waals surface area contributed by atoms with E-state index < -0.39 is 10.0 Å². The highest BCUT2D eigenvalue weighted by Gasteiger charge is 2.24. The van der Waals surface area contributed by atoms with Crippen LogP contribution >= 0.6 is 50.9 Å². The van der Waals surface area contributed by atoms with Crippen LogP contribution in [0.15, 0.2) is 21.5 Å². The summed E-state index contributed by atoms with van der Waals surface area (Å²) in [6.07, 6.45) is 2.72. The molecule has 1 aromatic rings. The van der Waals surface area contributed by atoms with E-state index in [0.29, 0.717) is 4.47 Å². The first-order valence-electron chi connectivity index (χ1n) is 5.43. The zero-order valence-corrected chi connectivity index (χ0v) is 15.1. The highest BCUT2D eigenvalue weighted by atomic mass is 79.9. The number of thioether (sulfide) groups is 1. The van der Waals surface area contributed by atoms with Crippen molar-refractivity contribution in [1.82, 2.24) is 4.72 Å². The predicted octanol–water partition coefficient (Wildman–Crippen LogP) is 4.18.